The third kappa shape index (κ3) is 2.92. The predicted octanol–water partition coefficient (Wildman–Crippen LogP) is 3.35. The number of piperidine rings is 1. The van der Waals surface area contributed by atoms with Gasteiger partial charge in [0.2, 0.25) is 0 Å². The molecule has 3 rings (SSSR count). The Bertz CT molecular complexity index is 544. The summed E-state index contributed by atoms with van der Waals surface area (Å²) >= 11 is 0. The maximum atomic E-state index is 6.49. The van der Waals surface area contributed by atoms with Crippen LogP contribution in [0.25, 0.3) is 11.1 Å². The Labute approximate surface area is 121 Å². The quantitative estimate of drug-likeness (QED) is 0.894. The molecular formula is C18H22N2. The summed E-state index contributed by atoms with van der Waals surface area (Å²) < 4.78 is 0. The van der Waals surface area contributed by atoms with Crippen molar-refractivity contribution in [3.8, 4) is 11.1 Å². The van der Waals surface area contributed by atoms with Crippen LogP contribution in [-0.2, 0) is 0 Å². The maximum absolute atomic E-state index is 6.49. The Morgan fingerprint density at radius 3 is 2.35 bits per heavy atom. The van der Waals surface area contributed by atoms with Crippen molar-refractivity contribution in [3.63, 3.8) is 0 Å². The summed E-state index contributed by atoms with van der Waals surface area (Å²) in [5.41, 5.74) is 10.3. The van der Waals surface area contributed by atoms with E-state index in [4.69, 9.17) is 5.73 Å². The number of benzene rings is 2. The van der Waals surface area contributed by atoms with Crippen LogP contribution in [-0.4, -0.2) is 13.1 Å². The molecule has 0 amide bonds. The van der Waals surface area contributed by atoms with Gasteiger partial charge in [-0.2, -0.15) is 0 Å². The second-order valence-corrected chi connectivity index (χ2v) is 5.60. The van der Waals surface area contributed by atoms with Crippen LogP contribution in [0.3, 0.4) is 0 Å². The van der Waals surface area contributed by atoms with Gasteiger partial charge in [0.05, 0.1) is 0 Å². The van der Waals surface area contributed by atoms with Crippen LogP contribution in [0.5, 0.6) is 0 Å². The summed E-state index contributed by atoms with van der Waals surface area (Å²) in [6.45, 7) is 2.19. The van der Waals surface area contributed by atoms with Crippen molar-refractivity contribution >= 4 is 0 Å². The second kappa shape index (κ2) is 6.21. The van der Waals surface area contributed by atoms with Crippen molar-refractivity contribution < 1.29 is 0 Å². The Morgan fingerprint density at radius 2 is 1.60 bits per heavy atom. The van der Waals surface area contributed by atoms with E-state index in [0.29, 0.717) is 5.92 Å². The first-order chi connectivity index (χ1) is 9.84. The summed E-state index contributed by atoms with van der Waals surface area (Å²) in [6.07, 6.45) is 2.35. The average Bonchev–Trinajstić information content (AvgIpc) is 2.56. The van der Waals surface area contributed by atoms with Crippen LogP contribution < -0.4 is 11.1 Å². The van der Waals surface area contributed by atoms with Gasteiger partial charge in [-0.25, -0.2) is 0 Å². The lowest BCUT2D eigenvalue weighted by molar-refractivity contribution is 0.322. The molecule has 1 saturated heterocycles. The topological polar surface area (TPSA) is 38.0 Å². The van der Waals surface area contributed by atoms with Gasteiger partial charge in [0.1, 0.15) is 0 Å². The molecule has 0 aliphatic carbocycles. The van der Waals surface area contributed by atoms with Crippen molar-refractivity contribution in [2.75, 3.05) is 13.1 Å². The summed E-state index contributed by atoms with van der Waals surface area (Å²) in [5.74, 6) is 0.599. The third-order valence-electron chi connectivity index (χ3n) is 4.27. The smallest absolute Gasteiger partial charge is 0.0324 e. The Morgan fingerprint density at radius 1 is 0.900 bits per heavy atom. The minimum absolute atomic E-state index is 0.153. The highest BCUT2D eigenvalue weighted by Gasteiger charge is 2.21. The number of rotatable bonds is 3. The van der Waals surface area contributed by atoms with E-state index >= 15 is 0 Å². The molecule has 1 aliphatic heterocycles. The third-order valence-corrected chi connectivity index (χ3v) is 4.27. The molecule has 0 radical (unpaired) electrons. The van der Waals surface area contributed by atoms with Gasteiger partial charge in [0.25, 0.3) is 0 Å². The molecular weight excluding hydrogens is 244 g/mol. The van der Waals surface area contributed by atoms with Crippen LogP contribution in [0.15, 0.2) is 54.6 Å². The molecule has 1 aliphatic rings. The Kier molecular flexibility index (Phi) is 4.14. The van der Waals surface area contributed by atoms with E-state index in [-0.39, 0.29) is 6.04 Å². The highest BCUT2D eigenvalue weighted by atomic mass is 14.9. The molecule has 2 nitrogen and oxygen atoms in total. The minimum Gasteiger partial charge on any atom is -0.324 e. The lowest BCUT2D eigenvalue weighted by Gasteiger charge is -2.28. The van der Waals surface area contributed by atoms with Gasteiger partial charge >= 0.3 is 0 Å². The molecule has 2 aromatic rings. The predicted molar refractivity (Wildman–Crippen MR) is 84.4 cm³/mol. The van der Waals surface area contributed by atoms with Gasteiger partial charge in [-0.15, -0.1) is 0 Å². The molecule has 20 heavy (non-hydrogen) atoms. The molecule has 2 aromatic carbocycles. The largest absolute Gasteiger partial charge is 0.324 e. The Balaban J connectivity index is 1.83. The zero-order valence-electron chi connectivity index (χ0n) is 11.8. The van der Waals surface area contributed by atoms with E-state index in [9.17, 15) is 0 Å². The van der Waals surface area contributed by atoms with Crippen molar-refractivity contribution in [3.05, 3.63) is 60.2 Å². The zero-order valence-corrected chi connectivity index (χ0v) is 11.8. The summed E-state index contributed by atoms with van der Waals surface area (Å²) in [5, 5.41) is 3.40. The molecule has 1 atom stereocenters. The van der Waals surface area contributed by atoms with Gasteiger partial charge in [0, 0.05) is 6.04 Å². The van der Waals surface area contributed by atoms with Gasteiger partial charge in [-0.05, 0) is 54.6 Å². The van der Waals surface area contributed by atoms with Crippen molar-refractivity contribution in [1.82, 2.24) is 5.32 Å². The molecule has 0 spiro atoms. The minimum atomic E-state index is 0.153. The van der Waals surface area contributed by atoms with E-state index < -0.39 is 0 Å². The van der Waals surface area contributed by atoms with Crippen molar-refractivity contribution in [2.45, 2.75) is 18.9 Å². The SMILES string of the molecule is N[C@@H](c1cccc(-c2ccccc2)c1)C1CCNCC1. The highest BCUT2D eigenvalue weighted by molar-refractivity contribution is 5.64. The van der Waals surface area contributed by atoms with Gasteiger partial charge in [-0.1, -0.05) is 48.5 Å². The molecule has 2 heteroatoms. The molecule has 0 aromatic heterocycles. The monoisotopic (exact) mass is 266 g/mol. The first kappa shape index (κ1) is 13.3. The second-order valence-electron chi connectivity index (χ2n) is 5.60. The standard InChI is InChI=1S/C18H22N2/c19-18(15-9-11-20-12-10-15)17-8-4-7-16(13-17)14-5-2-1-3-6-14/h1-8,13,15,18,20H,9-12,19H2/t18-/m1/s1. The molecule has 0 bridgehead atoms. The zero-order chi connectivity index (χ0) is 13.8. The highest BCUT2D eigenvalue weighted by Crippen LogP contribution is 2.29. The number of hydrogen-bond donors (Lipinski definition) is 2. The molecule has 3 N–H and O–H groups in total. The summed E-state index contributed by atoms with van der Waals surface area (Å²) in [6, 6.07) is 19.4. The first-order valence-electron chi connectivity index (χ1n) is 7.46. The number of nitrogens with two attached hydrogens (primary N) is 1. The maximum Gasteiger partial charge on any atom is 0.0324 e. The first-order valence-corrected chi connectivity index (χ1v) is 7.46. The van der Waals surface area contributed by atoms with Gasteiger partial charge < -0.3 is 11.1 Å². The van der Waals surface area contributed by atoms with Crippen molar-refractivity contribution in [1.29, 1.82) is 0 Å². The van der Waals surface area contributed by atoms with Crippen LogP contribution >= 0.6 is 0 Å². The van der Waals surface area contributed by atoms with Crippen LogP contribution in [0.1, 0.15) is 24.4 Å². The fraction of sp³-hybridized carbons (Fsp3) is 0.333. The fourth-order valence-electron chi connectivity index (χ4n) is 3.03. The van der Waals surface area contributed by atoms with E-state index in [0.717, 1.165) is 13.1 Å². The van der Waals surface area contributed by atoms with Gasteiger partial charge in [0.15, 0.2) is 0 Å². The summed E-state index contributed by atoms with van der Waals surface area (Å²) in [4.78, 5) is 0. The number of hydrogen-bond acceptors (Lipinski definition) is 2. The van der Waals surface area contributed by atoms with Crippen LogP contribution in [0.4, 0.5) is 0 Å². The normalized spacial score (nSPS) is 17.9. The lowest BCUT2D eigenvalue weighted by Crippen LogP contribution is -2.33. The molecule has 1 heterocycles. The van der Waals surface area contributed by atoms with Crippen LogP contribution in [0, 0.1) is 5.92 Å². The van der Waals surface area contributed by atoms with Gasteiger partial charge in [-0.3, -0.25) is 0 Å². The summed E-state index contributed by atoms with van der Waals surface area (Å²) in [7, 11) is 0. The Hall–Kier alpha value is -1.64. The number of nitrogens with one attached hydrogen (secondary N) is 1. The molecule has 0 saturated carbocycles. The van der Waals surface area contributed by atoms with Crippen LogP contribution in [0.2, 0.25) is 0 Å². The van der Waals surface area contributed by atoms with E-state index in [1.54, 1.807) is 0 Å². The van der Waals surface area contributed by atoms with Crippen molar-refractivity contribution in [2.24, 2.45) is 11.7 Å². The lowest BCUT2D eigenvalue weighted by atomic mass is 9.86. The molecule has 0 unspecified atom stereocenters. The van der Waals surface area contributed by atoms with E-state index in [1.807, 2.05) is 6.07 Å². The van der Waals surface area contributed by atoms with E-state index in [1.165, 1.54) is 29.5 Å². The fourth-order valence-corrected chi connectivity index (χ4v) is 3.03. The molecule has 1 fully saturated rings. The molecule has 104 valence electrons. The van der Waals surface area contributed by atoms with E-state index in [2.05, 4.69) is 53.8 Å². The average molecular weight is 266 g/mol.